The SMILES string of the molecule is COc1cc(N2CCN(C)CC2)c(/C(C=N)=C/NC(F)F)cc1Nc1nc(Nc2ccc3nccnc3c2P(C)C)c2cc[nH]c2n1. The second kappa shape index (κ2) is 13.8. The average molecular weight is 660 g/mol. The summed E-state index contributed by atoms with van der Waals surface area (Å²) >= 11 is 0. The van der Waals surface area contributed by atoms with Gasteiger partial charge in [0.15, 0.2) is 0 Å². The summed E-state index contributed by atoms with van der Waals surface area (Å²) in [6, 6.07) is 9.49. The highest BCUT2D eigenvalue weighted by Gasteiger charge is 2.23. The van der Waals surface area contributed by atoms with E-state index in [1.807, 2.05) is 29.6 Å². The lowest BCUT2D eigenvalue weighted by Crippen LogP contribution is -2.44. The van der Waals surface area contributed by atoms with Gasteiger partial charge in [0.1, 0.15) is 17.2 Å². The fourth-order valence-electron chi connectivity index (χ4n) is 5.64. The number of aromatic nitrogens is 5. The van der Waals surface area contributed by atoms with Gasteiger partial charge in [-0.05, 0) is 44.6 Å². The lowest BCUT2D eigenvalue weighted by atomic mass is 10.0. The summed E-state index contributed by atoms with van der Waals surface area (Å²) < 4.78 is 32.1. The fraction of sp³-hybridized carbons (Fsp3) is 0.281. The maximum absolute atomic E-state index is 13.2. The molecule has 0 saturated carbocycles. The highest BCUT2D eigenvalue weighted by Crippen LogP contribution is 2.39. The number of benzene rings is 2. The van der Waals surface area contributed by atoms with Gasteiger partial charge < -0.3 is 40.9 Å². The molecule has 6 rings (SSSR count). The van der Waals surface area contributed by atoms with Crippen molar-refractivity contribution in [3.05, 3.63) is 60.7 Å². The molecule has 4 heterocycles. The molecule has 0 radical (unpaired) electrons. The Labute approximate surface area is 271 Å². The van der Waals surface area contributed by atoms with Crippen LogP contribution in [0.2, 0.25) is 0 Å². The standard InChI is InChI=1S/C32H36F2N11OP/c1-44-11-13-45(14-12-44)25-16-26(46-2)24(15-21(25)19(17-35)18-39-31(33)34)41-32-42-29-20(7-8-38-29)30(43-32)40-23-6-5-22-27(28(23)47(3)4)37-10-9-36-22/h5-10,15-18,31,35,39H,11-14H2,1-4H3,(H3,38,40,41,42,43)/b19-18+,35-17?. The molecule has 47 heavy (non-hydrogen) atoms. The summed E-state index contributed by atoms with van der Waals surface area (Å²) in [5.74, 6) is 1.37. The van der Waals surface area contributed by atoms with Gasteiger partial charge in [-0.3, -0.25) is 9.97 Å². The number of anilines is 5. The van der Waals surface area contributed by atoms with E-state index in [4.69, 9.17) is 20.1 Å². The van der Waals surface area contributed by atoms with Crippen molar-refractivity contribution in [1.82, 2.24) is 35.1 Å². The van der Waals surface area contributed by atoms with E-state index in [1.54, 1.807) is 31.8 Å². The highest BCUT2D eigenvalue weighted by atomic mass is 31.1. The molecule has 1 aliphatic rings. The second-order valence-corrected chi connectivity index (χ2v) is 13.5. The molecule has 0 bridgehead atoms. The van der Waals surface area contributed by atoms with E-state index < -0.39 is 14.5 Å². The van der Waals surface area contributed by atoms with Gasteiger partial charge in [0.25, 0.3) is 0 Å². The number of ether oxygens (including phenoxy) is 1. The predicted molar refractivity (Wildman–Crippen MR) is 187 cm³/mol. The van der Waals surface area contributed by atoms with Gasteiger partial charge in [-0.2, -0.15) is 18.7 Å². The number of nitrogens with one attached hydrogen (secondary N) is 5. The molecule has 0 aliphatic carbocycles. The van der Waals surface area contributed by atoms with E-state index in [1.165, 1.54) is 0 Å². The van der Waals surface area contributed by atoms with Gasteiger partial charge in [0.05, 0.1) is 29.2 Å². The van der Waals surface area contributed by atoms with Gasteiger partial charge in [-0.15, -0.1) is 0 Å². The summed E-state index contributed by atoms with van der Waals surface area (Å²) in [7, 11) is 3.07. The molecule has 12 nitrogen and oxygen atoms in total. The number of piperazine rings is 1. The third-order valence-corrected chi connectivity index (χ3v) is 9.32. The van der Waals surface area contributed by atoms with Crippen LogP contribution < -0.4 is 30.9 Å². The van der Waals surface area contributed by atoms with Gasteiger partial charge in [-0.1, -0.05) is 7.92 Å². The smallest absolute Gasteiger partial charge is 0.312 e. The molecular weight excluding hydrogens is 623 g/mol. The van der Waals surface area contributed by atoms with E-state index in [0.29, 0.717) is 28.5 Å². The van der Waals surface area contributed by atoms with Crippen molar-refractivity contribution < 1.29 is 13.5 Å². The van der Waals surface area contributed by atoms with Crippen molar-refractivity contribution in [3.8, 4) is 5.75 Å². The Hall–Kier alpha value is -4.94. The molecule has 0 spiro atoms. The zero-order valence-corrected chi connectivity index (χ0v) is 27.4. The van der Waals surface area contributed by atoms with Crippen molar-refractivity contribution in [3.63, 3.8) is 0 Å². The molecule has 0 atom stereocenters. The van der Waals surface area contributed by atoms with Crippen LogP contribution in [0, 0.1) is 5.41 Å². The number of hydrogen-bond donors (Lipinski definition) is 5. The summed E-state index contributed by atoms with van der Waals surface area (Å²) in [6.07, 6.45) is 7.41. The number of nitrogens with zero attached hydrogens (tertiary/aromatic N) is 6. The predicted octanol–water partition coefficient (Wildman–Crippen LogP) is 5.32. The monoisotopic (exact) mass is 659 g/mol. The van der Waals surface area contributed by atoms with Crippen LogP contribution in [0.3, 0.4) is 0 Å². The third kappa shape index (κ3) is 6.79. The van der Waals surface area contributed by atoms with E-state index in [-0.39, 0.29) is 11.5 Å². The van der Waals surface area contributed by atoms with Crippen molar-refractivity contribution >= 4 is 75.9 Å². The quantitative estimate of drug-likeness (QED) is 0.0719. The zero-order valence-electron chi connectivity index (χ0n) is 26.5. The summed E-state index contributed by atoms with van der Waals surface area (Å²) in [5.41, 5.74) is 5.32. The molecule has 1 fully saturated rings. The number of rotatable bonds is 11. The largest absolute Gasteiger partial charge is 0.494 e. The van der Waals surface area contributed by atoms with Crippen molar-refractivity contribution in [2.75, 3.05) is 69.2 Å². The van der Waals surface area contributed by atoms with Crippen LogP contribution >= 0.6 is 7.92 Å². The molecule has 5 N–H and O–H groups in total. The number of alkyl halides is 2. The van der Waals surface area contributed by atoms with Crippen LogP contribution in [0.5, 0.6) is 5.75 Å². The molecule has 0 amide bonds. The minimum Gasteiger partial charge on any atom is -0.494 e. The lowest BCUT2D eigenvalue weighted by Gasteiger charge is -2.35. The first kappa shape index (κ1) is 32.0. The van der Waals surface area contributed by atoms with Gasteiger partial charge in [-0.25, -0.2) is 0 Å². The first-order valence-electron chi connectivity index (χ1n) is 15.0. The van der Waals surface area contributed by atoms with Crippen LogP contribution in [0.4, 0.5) is 37.6 Å². The topological polar surface area (TPSA) is 143 Å². The summed E-state index contributed by atoms with van der Waals surface area (Å²) in [6.45, 7) is 4.71. The summed E-state index contributed by atoms with van der Waals surface area (Å²) in [4.78, 5) is 26.3. The molecule has 15 heteroatoms. The first-order chi connectivity index (χ1) is 22.7. The second-order valence-electron chi connectivity index (χ2n) is 11.2. The molecular formula is C32H36F2N11OP. The minimum atomic E-state index is -2.77. The van der Waals surface area contributed by atoms with E-state index in [0.717, 1.165) is 71.7 Å². The first-order valence-corrected chi connectivity index (χ1v) is 17.2. The Morgan fingerprint density at radius 2 is 1.83 bits per heavy atom. The van der Waals surface area contributed by atoms with Crippen LogP contribution in [0.25, 0.3) is 27.6 Å². The Kier molecular flexibility index (Phi) is 9.41. The Morgan fingerprint density at radius 3 is 2.55 bits per heavy atom. The highest BCUT2D eigenvalue weighted by molar-refractivity contribution is 7.65. The maximum Gasteiger partial charge on any atom is 0.312 e. The average Bonchev–Trinajstić information content (AvgIpc) is 3.54. The minimum absolute atomic E-state index is 0.280. The number of fused-ring (bicyclic) bond motifs is 2. The van der Waals surface area contributed by atoms with E-state index >= 15 is 0 Å². The van der Waals surface area contributed by atoms with Crippen LogP contribution in [0.15, 0.2) is 55.1 Å². The van der Waals surface area contributed by atoms with Crippen LogP contribution in [-0.2, 0) is 0 Å². The van der Waals surface area contributed by atoms with Crippen molar-refractivity contribution in [2.45, 2.75) is 6.55 Å². The molecule has 2 aromatic carbocycles. The number of likely N-dealkylation sites (N-methyl/N-ethyl adjacent to an activating group) is 1. The zero-order chi connectivity index (χ0) is 33.1. The number of allylic oxidation sites excluding steroid dienone is 1. The number of halogens is 2. The molecule has 5 aromatic rings. The van der Waals surface area contributed by atoms with Crippen molar-refractivity contribution in [1.29, 1.82) is 5.41 Å². The Morgan fingerprint density at radius 1 is 1.04 bits per heavy atom. The Balaban J connectivity index is 1.42. The third-order valence-electron chi connectivity index (χ3n) is 7.97. The Bertz CT molecular complexity index is 1940. The fourth-order valence-corrected chi connectivity index (χ4v) is 6.85. The van der Waals surface area contributed by atoms with Gasteiger partial charge in [0, 0.05) is 91.1 Å². The normalized spacial score (nSPS) is 14.3. The number of H-pyrrole nitrogens is 1. The maximum atomic E-state index is 13.2. The van der Waals surface area contributed by atoms with Gasteiger partial charge in [0.2, 0.25) is 5.95 Å². The van der Waals surface area contributed by atoms with E-state index in [9.17, 15) is 8.78 Å². The van der Waals surface area contributed by atoms with Gasteiger partial charge >= 0.3 is 6.55 Å². The molecule has 1 saturated heterocycles. The van der Waals surface area contributed by atoms with Crippen molar-refractivity contribution in [2.24, 2.45) is 0 Å². The van der Waals surface area contributed by atoms with E-state index in [2.05, 4.69) is 55.8 Å². The number of hydrogen-bond acceptors (Lipinski definition) is 11. The number of methoxy groups -OCH3 is 1. The molecule has 1 aliphatic heterocycles. The molecule has 0 unspecified atom stereocenters. The summed E-state index contributed by atoms with van der Waals surface area (Å²) in [5, 5.41) is 18.8. The van der Waals surface area contributed by atoms with Crippen LogP contribution in [0.1, 0.15) is 5.56 Å². The molecule has 244 valence electrons. The molecule has 3 aromatic heterocycles. The lowest BCUT2D eigenvalue weighted by molar-refractivity contribution is 0.125. The number of aromatic amines is 1. The van der Waals surface area contributed by atoms with Crippen LogP contribution in [-0.4, -0.2) is 96.2 Å².